The molecule has 2 N–H and O–H groups in total. The van der Waals surface area contributed by atoms with Gasteiger partial charge in [-0.25, -0.2) is 4.98 Å². The number of nitrogens with zero attached hydrogens (tertiary/aromatic N) is 1. The maximum absolute atomic E-state index is 5.71. The van der Waals surface area contributed by atoms with Crippen LogP contribution in [-0.2, 0) is 6.42 Å². The van der Waals surface area contributed by atoms with Gasteiger partial charge in [0.05, 0.1) is 5.69 Å². The summed E-state index contributed by atoms with van der Waals surface area (Å²) in [5.74, 6) is 2.93. The molecule has 5 heteroatoms. The van der Waals surface area contributed by atoms with E-state index >= 15 is 0 Å². The zero-order chi connectivity index (χ0) is 12.5. The maximum Gasteiger partial charge on any atom is 0.231 e. The van der Waals surface area contributed by atoms with Gasteiger partial charge in [-0.15, -0.1) is 0 Å². The van der Waals surface area contributed by atoms with Gasteiger partial charge < -0.3 is 19.6 Å². The molecular weight excluding hydrogens is 232 g/mol. The minimum atomic E-state index is 0.270. The van der Waals surface area contributed by atoms with E-state index in [1.165, 1.54) is 0 Å². The Morgan fingerprint density at radius 2 is 2.11 bits per heavy atom. The molecule has 1 aliphatic heterocycles. The molecule has 0 radical (unpaired) electrons. The Bertz CT molecular complexity index is 578. The van der Waals surface area contributed by atoms with E-state index in [-0.39, 0.29) is 6.79 Å². The van der Waals surface area contributed by atoms with Crippen LogP contribution in [0.1, 0.15) is 11.6 Å². The fraction of sp³-hybridized carbons (Fsp3) is 0.308. The number of aryl methyl sites for hydroxylation is 1. The van der Waals surface area contributed by atoms with Crippen molar-refractivity contribution in [3.05, 3.63) is 29.8 Å². The molecular formula is C13H14N2O3. The first kappa shape index (κ1) is 11.1. The number of hydrogen-bond acceptors (Lipinski definition) is 5. The van der Waals surface area contributed by atoms with Crippen molar-refractivity contribution < 1.29 is 13.9 Å². The molecule has 18 heavy (non-hydrogen) atoms. The van der Waals surface area contributed by atoms with Crippen molar-refractivity contribution >= 4 is 0 Å². The predicted molar refractivity (Wildman–Crippen MR) is 65.6 cm³/mol. The predicted octanol–water partition coefficient (Wildman–Crippen LogP) is 1.88. The molecule has 0 aliphatic carbocycles. The van der Waals surface area contributed by atoms with Crippen molar-refractivity contribution in [1.82, 2.24) is 4.98 Å². The number of nitrogens with two attached hydrogens (primary N) is 1. The van der Waals surface area contributed by atoms with Gasteiger partial charge in [-0.3, -0.25) is 0 Å². The van der Waals surface area contributed by atoms with Gasteiger partial charge in [-0.05, 0) is 25.1 Å². The molecule has 94 valence electrons. The second-order valence-electron chi connectivity index (χ2n) is 4.13. The van der Waals surface area contributed by atoms with Gasteiger partial charge in [0.2, 0.25) is 6.79 Å². The molecule has 0 unspecified atom stereocenters. The average molecular weight is 246 g/mol. The van der Waals surface area contributed by atoms with Gasteiger partial charge in [0.15, 0.2) is 23.1 Å². The zero-order valence-corrected chi connectivity index (χ0v) is 10.1. The molecule has 1 aromatic carbocycles. The van der Waals surface area contributed by atoms with E-state index in [2.05, 4.69) is 4.98 Å². The molecule has 0 spiro atoms. The summed E-state index contributed by atoms with van der Waals surface area (Å²) in [5.41, 5.74) is 7.29. The van der Waals surface area contributed by atoms with Gasteiger partial charge in [-0.2, -0.15) is 0 Å². The van der Waals surface area contributed by atoms with Gasteiger partial charge in [0.25, 0.3) is 0 Å². The lowest BCUT2D eigenvalue weighted by Gasteiger charge is -2.00. The first-order valence-corrected chi connectivity index (χ1v) is 5.84. The van der Waals surface area contributed by atoms with Crippen molar-refractivity contribution in [2.75, 3.05) is 13.3 Å². The quantitative estimate of drug-likeness (QED) is 0.895. The first-order valence-electron chi connectivity index (χ1n) is 5.84. The lowest BCUT2D eigenvalue weighted by atomic mass is 10.1. The summed E-state index contributed by atoms with van der Waals surface area (Å²) in [7, 11) is 0. The average Bonchev–Trinajstić information content (AvgIpc) is 2.95. The van der Waals surface area contributed by atoms with Crippen LogP contribution in [-0.4, -0.2) is 18.3 Å². The summed E-state index contributed by atoms with van der Waals surface area (Å²) in [6.07, 6.45) is 0.644. The molecule has 1 aromatic heterocycles. The van der Waals surface area contributed by atoms with Crippen LogP contribution in [0.4, 0.5) is 0 Å². The van der Waals surface area contributed by atoms with Crippen LogP contribution in [0.2, 0.25) is 0 Å². The van der Waals surface area contributed by atoms with E-state index in [0.29, 0.717) is 18.9 Å². The first-order chi connectivity index (χ1) is 8.78. The Kier molecular flexibility index (Phi) is 2.68. The highest BCUT2D eigenvalue weighted by atomic mass is 16.7. The van der Waals surface area contributed by atoms with E-state index in [1.807, 2.05) is 25.1 Å². The largest absolute Gasteiger partial charge is 0.454 e. The van der Waals surface area contributed by atoms with Crippen LogP contribution >= 0.6 is 0 Å². The highest BCUT2D eigenvalue weighted by Gasteiger charge is 2.17. The number of oxazole rings is 1. The third-order valence-electron chi connectivity index (χ3n) is 2.83. The summed E-state index contributed by atoms with van der Waals surface area (Å²) in [4.78, 5) is 4.35. The van der Waals surface area contributed by atoms with Gasteiger partial charge in [-0.1, -0.05) is 0 Å². The summed E-state index contributed by atoms with van der Waals surface area (Å²) >= 11 is 0. The Hall–Kier alpha value is -2.01. The van der Waals surface area contributed by atoms with Crippen LogP contribution in [0, 0.1) is 6.92 Å². The van der Waals surface area contributed by atoms with Crippen molar-refractivity contribution in [2.45, 2.75) is 13.3 Å². The highest BCUT2D eigenvalue weighted by molar-refractivity contribution is 5.64. The number of aromatic nitrogens is 1. The van der Waals surface area contributed by atoms with Crippen LogP contribution in [0.5, 0.6) is 11.5 Å². The van der Waals surface area contributed by atoms with Crippen molar-refractivity contribution in [1.29, 1.82) is 0 Å². The topological polar surface area (TPSA) is 70.5 Å². The van der Waals surface area contributed by atoms with E-state index in [9.17, 15) is 0 Å². The molecule has 0 saturated carbocycles. The van der Waals surface area contributed by atoms with Crippen LogP contribution in [0.15, 0.2) is 22.6 Å². The molecule has 3 rings (SSSR count). The number of ether oxygens (including phenoxy) is 2. The van der Waals surface area contributed by atoms with Crippen LogP contribution < -0.4 is 15.2 Å². The second kappa shape index (κ2) is 4.34. The number of rotatable bonds is 3. The zero-order valence-electron chi connectivity index (χ0n) is 10.1. The van der Waals surface area contributed by atoms with Gasteiger partial charge in [0, 0.05) is 18.5 Å². The molecule has 5 nitrogen and oxygen atoms in total. The minimum absolute atomic E-state index is 0.270. The van der Waals surface area contributed by atoms with Crippen LogP contribution in [0.25, 0.3) is 11.3 Å². The summed E-state index contributed by atoms with van der Waals surface area (Å²) in [6.45, 7) is 2.72. The Balaban J connectivity index is 1.99. The SMILES string of the molecule is Cc1nc(CCN)oc1-c1ccc2c(c1)OCO2. The Morgan fingerprint density at radius 3 is 2.94 bits per heavy atom. The summed E-state index contributed by atoms with van der Waals surface area (Å²) in [5, 5.41) is 0. The lowest BCUT2D eigenvalue weighted by Crippen LogP contribution is -2.02. The molecule has 0 saturated heterocycles. The van der Waals surface area contributed by atoms with Crippen molar-refractivity contribution in [3.63, 3.8) is 0 Å². The van der Waals surface area contributed by atoms with Crippen molar-refractivity contribution in [3.8, 4) is 22.8 Å². The van der Waals surface area contributed by atoms with Gasteiger partial charge >= 0.3 is 0 Å². The number of fused-ring (bicyclic) bond motifs is 1. The maximum atomic E-state index is 5.71. The second-order valence-corrected chi connectivity index (χ2v) is 4.13. The van der Waals surface area contributed by atoms with Gasteiger partial charge in [0.1, 0.15) is 0 Å². The smallest absolute Gasteiger partial charge is 0.231 e. The third-order valence-corrected chi connectivity index (χ3v) is 2.83. The molecule has 0 atom stereocenters. The Labute approximate surface area is 105 Å². The number of benzene rings is 1. The minimum Gasteiger partial charge on any atom is -0.454 e. The van der Waals surface area contributed by atoms with Crippen molar-refractivity contribution in [2.24, 2.45) is 5.73 Å². The molecule has 0 fully saturated rings. The van der Waals surface area contributed by atoms with E-state index in [1.54, 1.807) is 0 Å². The van der Waals surface area contributed by atoms with E-state index in [4.69, 9.17) is 19.6 Å². The Morgan fingerprint density at radius 1 is 1.28 bits per heavy atom. The molecule has 2 heterocycles. The standard InChI is InChI=1S/C13H14N2O3/c1-8-13(18-12(15-8)4-5-14)9-2-3-10-11(6-9)17-7-16-10/h2-3,6H,4-5,7,14H2,1H3. The third kappa shape index (κ3) is 1.82. The summed E-state index contributed by atoms with van der Waals surface area (Å²) in [6, 6.07) is 5.72. The number of hydrogen-bond donors (Lipinski definition) is 1. The molecule has 1 aliphatic rings. The highest BCUT2D eigenvalue weighted by Crippen LogP contribution is 2.36. The normalized spacial score (nSPS) is 13.0. The summed E-state index contributed by atoms with van der Waals surface area (Å²) < 4.78 is 16.3. The lowest BCUT2D eigenvalue weighted by molar-refractivity contribution is 0.174. The fourth-order valence-corrected chi connectivity index (χ4v) is 1.99. The molecule has 0 amide bonds. The van der Waals surface area contributed by atoms with Crippen LogP contribution in [0.3, 0.4) is 0 Å². The monoisotopic (exact) mass is 246 g/mol. The van der Waals surface area contributed by atoms with E-state index < -0.39 is 0 Å². The molecule has 2 aromatic rings. The molecule has 0 bridgehead atoms. The van der Waals surface area contributed by atoms with E-state index in [0.717, 1.165) is 28.5 Å². The fourth-order valence-electron chi connectivity index (χ4n) is 1.99.